The smallest absolute Gasteiger partial charge is 0.238 e. The lowest BCUT2D eigenvalue weighted by Crippen LogP contribution is -2.30. The lowest BCUT2D eigenvalue weighted by molar-refractivity contribution is -0.115. The summed E-state index contributed by atoms with van der Waals surface area (Å²) < 4.78 is 0. The fourth-order valence-electron chi connectivity index (χ4n) is 2.61. The van der Waals surface area contributed by atoms with Crippen LogP contribution in [0.5, 0.6) is 0 Å². The molecule has 4 heteroatoms. The van der Waals surface area contributed by atoms with Gasteiger partial charge in [-0.05, 0) is 47.5 Å². The van der Waals surface area contributed by atoms with Crippen LogP contribution in [-0.2, 0) is 4.79 Å². The number of benzene rings is 3. The van der Waals surface area contributed by atoms with Crippen LogP contribution < -0.4 is 10.6 Å². The first-order valence-electron chi connectivity index (χ1n) is 7.89. The first-order valence-corrected chi connectivity index (χ1v) is 8.27. The Morgan fingerprint density at radius 2 is 1.79 bits per heavy atom. The van der Waals surface area contributed by atoms with Gasteiger partial charge in [0.15, 0.2) is 0 Å². The first-order chi connectivity index (χ1) is 11.6. The molecule has 0 aliphatic rings. The lowest BCUT2D eigenvalue weighted by Gasteiger charge is -2.14. The predicted octanol–water partition coefficient (Wildman–Crippen LogP) is 4.78. The van der Waals surface area contributed by atoms with Gasteiger partial charge in [0.05, 0.1) is 6.54 Å². The van der Waals surface area contributed by atoms with Gasteiger partial charge in [-0.2, -0.15) is 0 Å². The van der Waals surface area contributed by atoms with E-state index in [1.165, 1.54) is 0 Å². The Morgan fingerprint density at radius 3 is 2.58 bits per heavy atom. The molecule has 3 rings (SSSR count). The molecule has 0 saturated heterocycles. The van der Waals surface area contributed by atoms with Gasteiger partial charge in [0.2, 0.25) is 5.91 Å². The highest BCUT2D eigenvalue weighted by Crippen LogP contribution is 2.19. The minimum Gasteiger partial charge on any atom is -0.325 e. The number of amides is 1. The van der Waals surface area contributed by atoms with Crippen LogP contribution in [0.1, 0.15) is 18.5 Å². The van der Waals surface area contributed by atoms with Crippen molar-refractivity contribution in [1.82, 2.24) is 5.32 Å². The highest BCUT2D eigenvalue weighted by Gasteiger charge is 2.08. The molecule has 0 heterocycles. The second kappa shape index (κ2) is 7.47. The quantitative estimate of drug-likeness (QED) is 0.702. The van der Waals surface area contributed by atoms with E-state index >= 15 is 0 Å². The number of carbonyl (C=O) groups excluding carboxylic acids is 1. The van der Waals surface area contributed by atoms with Crippen molar-refractivity contribution >= 4 is 34.0 Å². The molecular weight excluding hydrogens is 320 g/mol. The normalized spacial score (nSPS) is 12.1. The maximum atomic E-state index is 12.2. The number of halogens is 1. The van der Waals surface area contributed by atoms with Crippen LogP contribution in [0.15, 0.2) is 66.7 Å². The summed E-state index contributed by atoms with van der Waals surface area (Å²) in [4.78, 5) is 12.2. The van der Waals surface area contributed by atoms with E-state index in [2.05, 4.69) is 16.7 Å². The monoisotopic (exact) mass is 338 g/mol. The van der Waals surface area contributed by atoms with Crippen molar-refractivity contribution in [2.24, 2.45) is 0 Å². The number of anilines is 1. The van der Waals surface area contributed by atoms with E-state index in [1.807, 2.05) is 67.6 Å². The molecule has 3 aromatic carbocycles. The Bertz CT molecular complexity index is 863. The third-order valence-electron chi connectivity index (χ3n) is 3.95. The highest BCUT2D eigenvalue weighted by molar-refractivity contribution is 6.30. The number of rotatable bonds is 5. The average Bonchev–Trinajstić information content (AvgIpc) is 2.59. The maximum Gasteiger partial charge on any atom is 0.238 e. The Hall–Kier alpha value is -2.36. The van der Waals surface area contributed by atoms with E-state index in [1.54, 1.807) is 0 Å². The molecular formula is C20H19ClN2O. The lowest BCUT2D eigenvalue weighted by atomic mass is 10.1. The zero-order chi connectivity index (χ0) is 16.9. The molecule has 0 spiro atoms. The zero-order valence-corrected chi connectivity index (χ0v) is 14.2. The van der Waals surface area contributed by atoms with Gasteiger partial charge in [-0.3, -0.25) is 4.79 Å². The Morgan fingerprint density at radius 1 is 1.00 bits per heavy atom. The summed E-state index contributed by atoms with van der Waals surface area (Å²) in [5, 5.41) is 9.10. The Labute approximate surface area is 146 Å². The van der Waals surface area contributed by atoms with Gasteiger partial charge in [0.25, 0.3) is 0 Å². The molecule has 122 valence electrons. The van der Waals surface area contributed by atoms with Crippen molar-refractivity contribution in [3.05, 3.63) is 77.3 Å². The molecule has 2 N–H and O–H groups in total. The van der Waals surface area contributed by atoms with Gasteiger partial charge in [-0.1, -0.05) is 54.1 Å². The molecule has 0 unspecified atom stereocenters. The fourth-order valence-corrected chi connectivity index (χ4v) is 2.81. The van der Waals surface area contributed by atoms with E-state index in [4.69, 9.17) is 11.6 Å². The van der Waals surface area contributed by atoms with Crippen molar-refractivity contribution < 1.29 is 4.79 Å². The molecule has 1 amide bonds. The largest absolute Gasteiger partial charge is 0.325 e. The molecule has 0 saturated carbocycles. The van der Waals surface area contributed by atoms with Crippen LogP contribution in [0.3, 0.4) is 0 Å². The third-order valence-corrected chi connectivity index (χ3v) is 4.19. The first kappa shape index (κ1) is 16.5. The summed E-state index contributed by atoms with van der Waals surface area (Å²) in [6, 6.07) is 21.7. The predicted molar refractivity (Wildman–Crippen MR) is 100 cm³/mol. The van der Waals surface area contributed by atoms with Gasteiger partial charge < -0.3 is 10.6 Å². The van der Waals surface area contributed by atoms with E-state index in [9.17, 15) is 4.79 Å². The maximum absolute atomic E-state index is 12.2. The van der Waals surface area contributed by atoms with Crippen LogP contribution in [0.25, 0.3) is 10.8 Å². The molecule has 0 bridgehead atoms. The summed E-state index contributed by atoms with van der Waals surface area (Å²) in [7, 11) is 0. The number of carbonyl (C=O) groups is 1. The summed E-state index contributed by atoms with van der Waals surface area (Å²) in [5.41, 5.74) is 1.86. The zero-order valence-electron chi connectivity index (χ0n) is 13.4. The molecule has 1 atom stereocenters. The number of nitrogens with one attached hydrogen (secondary N) is 2. The summed E-state index contributed by atoms with van der Waals surface area (Å²) >= 11 is 6.00. The van der Waals surface area contributed by atoms with Crippen molar-refractivity contribution in [2.75, 3.05) is 11.9 Å². The van der Waals surface area contributed by atoms with Crippen LogP contribution in [0.2, 0.25) is 5.02 Å². The molecule has 0 aliphatic heterocycles. The van der Waals surface area contributed by atoms with Gasteiger partial charge in [-0.25, -0.2) is 0 Å². The van der Waals surface area contributed by atoms with Crippen LogP contribution in [0.4, 0.5) is 5.69 Å². The second-order valence-electron chi connectivity index (χ2n) is 5.77. The Kier molecular flexibility index (Phi) is 5.14. The van der Waals surface area contributed by atoms with Gasteiger partial charge in [-0.15, -0.1) is 0 Å². The van der Waals surface area contributed by atoms with Crippen molar-refractivity contribution in [2.45, 2.75) is 13.0 Å². The van der Waals surface area contributed by atoms with Gasteiger partial charge in [0, 0.05) is 16.8 Å². The fraction of sp³-hybridized carbons (Fsp3) is 0.150. The summed E-state index contributed by atoms with van der Waals surface area (Å²) in [5.74, 6) is -0.0702. The minimum absolute atomic E-state index is 0.0473. The molecule has 0 aliphatic carbocycles. The SMILES string of the molecule is C[C@H](NCC(=O)Nc1ccc2ccccc2c1)c1cccc(Cl)c1. The second-order valence-corrected chi connectivity index (χ2v) is 6.20. The molecule has 3 nitrogen and oxygen atoms in total. The highest BCUT2D eigenvalue weighted by atomic mass is 35.5. The number of fused-ring (bicyclic) bond motifs is 1. The van der Waals surface area contributed by atoms with Gasteiger partial charge in [0.1, 0.15) is 0 Å². The molecule has 24 heavy (non-hydrogen) atoms. The van der Waals surface area contributed by atoms with Crippen LogP contribution in [-0.4, -0.2) is 12.5 Å². The Balaban J connectivity index is 1.58. The van der Waals surface area contributed by atoms with E-state index < -0.39 is 0 Å². The topological polar surface area (TPSA) is 41.1 Å². The summed E-state index contributed by atoms with van der Waals surface area (Å²) in [6.45, 7) is 2.25. The molecule has 0 fully saturated rings. The average molecular weight is 339 g/mol. The molecule has 3 aromatic rings. The minimum atomic E-state index is -0.0702. The molecule has 0 aromatic heterocycles. The van der Waals surface area contributed by atoms with E-state index in [0.717, 1.165) is 22.0 Å². The standard InChI is InChI=1S/C20H19ClN2O/c1-14(16-7-4-8-18(21)11-16)22-13-20(24)23-19-10-9-15-5-2-3-6-17(15)12-19/h2-12,14,22H,13H2,1H3,(H,23,24)/t14-/m0/s1. The number of hydrogen-bond donors (Lipinski definition) is 2. The molecule has 0 radical (unpaired) electrons. The van der Waals surface area contributed by atoms with Crippen LogP contribution in [0, 0.1) is 0 Å². The van der Waals surface area contributed by atoms with Gasteiger partial charge >= 0.3 is 0 Å². The third kappa shape index (κ3) is 4.13. The van der Waals surface area contributed by atoms with E-state index in [-0.39, 0.29) is 18.5 Å². The summed E-state index contributed by atoms with van der Waals surface area (Å²) in [6.07, 6.45) is 0. The van der Waals surface area contributed by atoms with Crippen LogP contribution >= 0.6 is 11.6 Å². The van der Waals surface area contributed by atoms with Crippen molar-refractivity contribution in [3.63, 3.8) is 0 Å². The van der Waals surface area contributed by atoms with Crippen molar-refractivity contribution in [1.29, 1.82) is 0 Å². The van der Waals surface area contributed by atoms with Crippen molar-refractivity contribution in [3.8, 4) is 0 Å². The van der Waals surface area contributed by atoms with E-state index in [0.29, 0.717) is 5.02 Å². The number of hydrogen-bond acceptors (Lipinski definition) is 2.